The quantitative estimate of drug-likeness (QED) is 0.639. The van der Waals surface area contributed by atoms with Gasteiger partial charge in [-0.1, -0.05) is 5.16 Å². The summed E-state index contributed by atoms with van der Waals surface area (Å²) >= 11 is 0. The van der Waals surface area contributed by atoms with Gasteiger partial charge in [-0.2, -0.15) is 0 Å². The summed E-state index contributed by atoms with van der Waals surface area (Å²) in [6.45, 7) is 5.69. The van der Waals surface area contributed by atoms with Gasteiger partial charge in [0, 0.05) is 11.6 Å². The van der Waals surface area contributed by atoms with Crippen LogP contribution in [0.4, 0.5) is 0 Å². The van der Waals surface area contributed by atoms with Gasteiger partial charge in [0.25, 0.3) is 0 Å². The first-order valence-corrected chi connectivity index (χ1v) is 3.31. The molecule has 56 valence electrons. The minimum atomic E-state index is 0.0197. The fraction of sp³-hybridized carbons (Fsp3) is 0.571. The lowest BCUT2D eigenvalue weighted by Crippen LogP contribution is -2.06. The lowest BCUT2D eigenvalue weighted by Gasteiger charge is -2.01. The Hall–Kier alpha value is -0.830. The third kappa shape index (κ3) is 1.04. The maximum absolute atomic E-state index is 5.66. The molecule has 0 fully saturated rings. The molecule has 3 nitrogen and oxygen atoms in total. The number of hydrogen-bond acceptors (Lipinski definition) is 3. The minimum absolute atomic E-state index is 0.0197. The highest BCUT2D eigenvalue weighted by atomic mass is 16.5. The van der Waals surface area contributed by atoms with Crippen LogP contribution < -0.4 is 5.73 Å². The van der Waals surface area contributed by atoms with E-state index in [1.807, 2.05) is 20.8 Å². The molecule has 2 N–H and O–H groups in total. The number of aryl methyl sites for hydroxylation is 2. The lowest BCUT2D eigenvalue weighted by atomic mass is 10.1. The maximum atomic E-state index is 5.66. The first-order chi connectivity index (χ1) is 4.63. The SMILES string of the molecule is Cc1noc(C)c1C(C)N. The highest BCUT2D eigenvalue weighted by Gasteiger charge is 2.11. The van der Waals surface area contributed by atoms with Crippen molar-refractivity contribution in [2.24, 2.45) is 5.73 Å². The lowest BCUT2D eigenvalue weighted by molar-refractivity contribution is 0.391. The summed E-state index contributed by atoms with van der Waals surface area (Å²) in [5.41, 5.74) is 7.58. The Morgan fingerprint density at radius 2 is 2.10 bits per heavy atom. The van der Waals surface area contributed by atoms with Crippen LogP contribution in [-0.4, -0.2) is 5.16 Å². The normalized spacial score (nSPS) is 13.6. The predicted octanol–water partition coefficient (Wildman–Crippen LogP) is 1.31. The summed E-state index contributed by atoms with van der Waals surface area (Å²) in [4.78, 5) is 0. The van der Waals surface area contributed by atoms with Crippen molar-refractivity contribution in [2.75, 3.05) is 0 Å². The van der Waals surface area contributed by atoms with Gasteiger partial charge in [0.05, 0.1) is 5.69 Å². The summed E-state index contributed by atoms with van der Waals surface area (Å²) in [6, 6.07) is 0.0197. The molecule has 1 aromatic rings. The number of hydrogen-bond donors (Lipinski definition) is 1. The first-order valence-electron chi connectivity index (χ1n) is 3.31. The average molecular weight is 140 g/mol. The van der Waals surface area contributed by atoms with Gasteiger partial charge in [0.15, 0.2) is 0 Å². The van der Waals surface area contributed by atoms with Crippen LogP contribution in [0.2, 0.25) is 0 Å². The second-order valence-electron chi connectivity index (χ2n) is 2.53. The van der Waals surface area contributed by atoms with E-state index in [4.69, 9.17) is 10.3 Å². The van der Waals surface area contributed by atoms with Crippen molar-refractivity contribution in [3.8, 4) is 0 Å². The highest BCUT2D eigenvalue weighted by Crippen LogP contribution is 2.18. The van der Waals surface area contributed by atoms with Crippen molar-refractivity contribution >= 4 is 0 Å². The monoisotopic (exact) mass is 140 g/mol. The minimum Gasteiger partial charge on any atom is -0.361 e. The van der Waals surface area contributed by atoms with E-state index in [9.17, 15) is 0 Å². The Morgan fingerprint density at radius 3 is 2.30 bits per heavy atom. The van der Waals surface area contributed by atoms with Crippen LogP contribution in [0.1, 0.15) is 30.0 Å². The van der Waals surface area contributed by atoms with Crippen molar-refractivity contribution in [1.29, 1.82) is 0 Å². The molecule has 3 heteroatoms. The predicted molar refractivity (Wildman–Crippen MR) is 38.6 cm³/mol. The zero-order chi connectivity index (χ0) is 7.72. The summed E-state index contributed by atoms with van der Waals surface area (Å²) in [7, 11) is 0. The van der Waals surface area contributed by atoms with Gasteiger partial charge in [-0.3, -0.25) is 0 Å². The summed E-state index contributed by atoms with van der Waals surface area (Å²) < 4.78 is 4.93. The molecule has 0 saturated carbocycles. The molecule has 0 aliphatic rings. The average Bonchev–Trinajstić information content (AvgIpc) is 2.11. The zero-order valence-corrected chi connectivity index (χ0v) is 6.51. The van der Waals surface area contributed by atoms with Gasteiger partial charge >= 0.3 is 0 Å². The molecule has 1 aromatic heterocycles. The van der Waals surface area contributed by atoms with E-state index in [0.717, 1.165) is 17.0 Å². The Bertz CT molecular complexity index is 208. The van der Waals surface area contributed by atoms with E-state index in [1.54, 1.807) is 0 Å². The van der Waals surface area contributed by atoms with Gasteiger partial charge in [-0.15, -0.1) is 0 Å². The van der Waals surface area contributed by atoms with Crippen molar-refractivity contribution in [3.05, 3.63) is 17.0 Å². The molecule has 0 aliphatic carbocycles. The largest absolute Gasteiger partial charge is 0.361 e. The van der Waals surface area contributed by atoms with Crippen LogP contribution >= 0.6 is 0 Å². The number of nitrogens with two attached hydrogens (primary N) is 1. The fourth-order valence-electron chi connectivity index (χ4n) is 1.14. The van der Waals surface area contributed by atoms with Crippen molar-refractivity contribution in [2.45, 2.75) is 26.8 Å². The summed E-state index contributed by atoms with van der Waals surface area (Å²) in [6.07, 6.45) is 0. The van der Waals surface area contributed by atoms with Crippen LogP contribution in [0.15, 0.2) is 4.52 Å². The number of rotatable bonds is 1. The van der Waals surface area contributed by atoms with Gasteiger partial charge in [-0.25, -0.2) is 0 Å². The van der Waals surface area contributed by atoms with Crippen molar-refractivity contribution < 1.29 is 4.52 Å². The number of nitrogens with zero attached hydrogens (tertiary/aromatic N) is 1. The molecule has 10 heavy (non-hydrogen) atoms. The van der Waals surface area contributed by atoms with Gasteiger partial charge in [-0.05, 0) is 20.8 Å². The van der Waals surface area contributed by atoms with Crippen LogP contribution in [0, 0.1) is 13.8 Å². The highest BCUT2D eigenvalue weighted by molar-refractivity contribution is 5.23. The van der Waals surface area contributed by atoms with Crippen molar-refractivity contribution in [1.82, 2.24) is 5.16 Å². The van der Waals surface area contributed by atoms with Gasteiger partial charge in [0.1, 0.15) is 5.76 Å². The summed E-state index contributed by atoms with van der Waals surface area (Å²) in [5.74, 6) is 0.826. The Kier molecular flexibility index (Phi) is 1.76. The van der Waals surface area contributed by atoms with E-state index in [0.29, 0.717) is 0 Å². The molecule has 0 aromatic carbocycles. The Labute approximate surface area is 60.2 Å². The van der Waals surface area contributed by atoms with Crippen LogP contribution in [-0.2, 0) is 0 Å². The molecule has 1 rings (SSSR count). The Balaban J connectivity index is 3.10. The zero-order valence-electron chi connectivity index (χ0n) is 6.51. The molecule has 0 aliphatic heterocycles. The van der Waals surface area contributed by atoms with E-state index in [2.05, 4.69) is 5.16 Å². The molecule has 0 saturated heterocycles. The fourth-order valence-corrected chi connectivity index (χ4v) is 1.14. The van der Waals surface area contributed by atoms with E-state index < -0.39 is 0 Å². The second-order valence-corrected chi connectivity index (χ2v) is 2.53. The van der Waals surface area contributed by atoms with E-state index >= 15 is 0 Å². The maximum Gasteiger partial charge on any atom is 0.138 e. The van der Waals surface area contributed by atoms with Crippen LogP contribution in [0.25, 0.3) is 0 Å². The molecule has 1 atom stereocenters. The molecular weight excluding hydrogens is 128 g/mol. The second kappa shape index (κ2) is 2.42. The smallest absolute Gasteiger partial charge is 0.138 e. The van der Waals surface area contributed by atoms with Crippen molar-refractivity contribution in [3.63, 3.8) is 0 Å². The van der Waals surface area contributed by atoms with Gasteiger partial charge < -0.3 is 10.3 Å². The topological polar surface area (TPSA) is 52.0 Å². The standard InChI is InChI=1S/C7H12N2O/c1-4(8)7-5(2)9-10-6(7)3/h4H,8H2,1-3H3. The molecule has 1 unspecified atom stereocenters. The molecule has 0 amide bonds. The third-order valence-electron chi connectivity index (χ3n) is 1.54. The number of aromatic nitrogens is 1. The van der Waals surface area contributed by atoms with E-state index in [1.165, 1.54) is 0 Å². The van der Waals surface area contributed by atoms with Crippen LogP contribution in [0.5, 0.6) is 0 Å². The Morgan fingerprint density at radius 1 is 1.50 bits per heavy atom. The molecular formula is C7H12N2O. The summed E-state index contributed by atoms with van der Waals surface area (Å²) in [5, 5.41) is 3.78. The molecule has 0 bridgehead atoms. The van der Waals surface area contributed by atoms with Gasteiger partial charge in [0.2, 0.25) is 0 Å². The first kappa shape index (κ1) is 7.28. The molecule has 0 spiro atoms. The molecule has 1 heterocycles. The molecule has 0 radical (unpaired) electrons. The third-order valence-corrected chi connectivity index (χ3v) is 1.54. The van der Waals surface area contributed by atoms with Crippen LogP contribution in [0.3, 0.4) is 0 Å². The van der Waals surface area contributed by atoms with E-state index in [-0.39, 0.29) is 6.04 Å².